The molecule has 1 fully saturated rings. The van der Waals surface area contributed by atoms with Gasteiger partial charge in [-0.05, 0) is 38.5 Å². The van der Waals surface area contributed by atoms with Crippen LogP contribution in [0.1, 0.15) is 271 Å². The van der Waals surface area contributed by atoms with Crippen LogP contribution in [0.25, 0.3) is 0 Å². The molecule has 13 heteroatoms. The summed E-state index contributed by atoms with van der Waals surface area (Å²) in [6.07, 6.45) is 45.3. The van der Waals surface area contributed by atoms with Crippen LogP contribution in [-0.2, 0) is 38.3 Å². The van der Waals surface area contributed by atoms with E-state index < -0.39 is 59.8 Å². The summed E-state index contributed by atoms with van der Waals surface area (Å²) in [5.41, 5.74) is 0. The van der Waals surface area contributed by atoms with E-state index in [9.17, 15) is 33.1 Å². The number of esters is 1. The van der Waals surface area contributed by atoms with E-state index >= 15 is 0 Å². The molecule has 4 N–H and O–H groups in total. The molecule has 0 aromatic heterocycles. The van der Waals surface area contributed by atoms with Crippen molar-refractivity contribution >= 4 is 16.4 Å². The lowest BCUT2D eigenvalue weighted by molar-refractivity contribution is -0.301. The largest absolute Gasteiger partial charge is 0.457 e. The summed E-state index contributed by atoms with van der Waals surface area (Å²) >= 11 is 0. The first kappa shape index (κ1) is 64.9. The summed E-state index contributed by atoms with van der Waals surface area (Å²) in [7, 11) is -5.06. The molecule has 1 heterocycles. The molecule has 404 valence electrons. The molecule has 6 unspecified atom stereocenters. The molecular weight excluding hydrogens is 885 g/mol. The molecule has 6 atom stereocenters. The molecule has 68 heavy (non-hydrogen) atoms. The number of carbonyl (C=O) groups is 1. The molecule has 0 saturated carbocycles. The zero-order valence-electron chi connectivity index (χ0n) is 43.7. The van der Waals surface area contributed by atoms with Crippen LogP contribution in [0.4, 0.5) is 0 Å². The number of aliphatic hydroxyl groups is 3. The van der Waals surface area contributed by atoms with Crippen molar-refractivity contribution in [3.63, 3.8) is 0 Å². The molecule has 0 spiro atoms. The predicted molar refractivity (Wildman–Crippen MR) is 276 cm³/mol. The zero-order valence-corrected chi connectivity index (χ0v) is 44.5. The van der Waals surface area contributed by atoms with Gasteiger partial charge in [-0.15, -0.1) is 0 Å². The molecule has 0 aliphatic carbocycles. The van der Waals surface area contributed by atoms with Crippen molar-refractivity contribution < 1.29 is 56.2 Å². The Morgan fingerprint density at radius 3 is 1.32 bits per heavy atom. The maximum absolute atomic E-state index is 12.9. The highest BCUT2D eigenvalue weighted by molar-refractivity contribution is 7.80. The lowest BCUT2D eigenvalue weighted by Gasteiger charge is -2.41. The van der Waals surface area contributed by atoms with Gasteiger partial charge in [0.25, 0.3) is 0 Å². The van der Waals surface area contributed by atoms with Gasteiger partial charge in [0.15, 0.2) is 6.29 Å². The van der Waals surface area contributed by atoms with Crippen LogP contribution in [-0.4, -0.2) is 97.5 Å². The van der Waals surface area contributed by atoms with Gasteiger partial charge >= 0.3 is 16.4 Å². The van der Waals surface area contributed by atoms with Gasteiger partial charge in [-0.25, -0.2) is 4.18 Å². The summed E-state index contributed by atoms with van der Waals surface area (Å²) in [6.45, 7) is 4.06. The van der Waals surface area contributed by atoms with E-state index in [0.717, 1.165) is 38.5 Å². The minimum absolute atomic E-state index is 0.0426. The molecule has 1 saturated heterocycles. The lowest BCUT2D eigenvalue weighted by atomic mass is 9.99. The molecule has 0 radical (unpaired) electrons. The summed E-state index contributed by atoms with van der Waals surface area (Å²) in [4.78, 5) is 12.9. The van der Waals surface area contributed by atoms with Gasteiger partial charge in [-0.1, -0.05) is 238 Å². The predicted octanol–water partition coefficient (Wildman–Crippen LogP) is 13.8. The van der Waals surface area contributed by atoms with E-state index in [2.05, 4.69) is 30.2 Å². The average molecular weight is 992 g/mol. The second-order valence-electron chi connectivity index (χ2n) is 19.9. The molecule has 0 bridgehead atoms. The fraction of sp³-hybridized carbons (Fsp3) is 0.945. The highest BCUT2D eigenvalue weighted by Gasteiger charge is 2.48. The molecule has 1 aliphatic rings. The summed E-state index contributed by atoms with van der Waals surface area (Å²) in [5, 5.41) is 30.8. The fourth-order valence-electron chi connectivity index (χ4n) is 9.08. The smallest absolute Gasteiger partial charge is 0.397 e. The Morgan fingerprint density at radius 2 is 0.926 bits per heavy atom. The van der Waals surface area contributed by atoms with Crippen molar-refractivity contribution in [1.82, 2.24) is 0 Å². The second kappa shape index (κ2) is 46.9. The Balaban J connectivity index is 2.29. The van der Waals surface area contributed by atoms with Crippen LogP contribution in [0.5, 0.6) is 0 Å². The maximum atomic E-state index is 12.9. The van der Waals surface area contributed by atoms with E-state index in [-0.39, 0.29) is 19.6 Å². The lowest BCUT2D eigenvalue weighted by Crippen LogP contribution is -2.60. The third-order valence-corrected chi connectivity index (χ3v) is 13.9. The maximum Gasteiger partial charge on any atom is 0.397 e. The van der Waals surface area contributed by atoms with Gasteiger partial charge < -0.3 is 34.3 Å². The molecule has 0 aromatic rings. The van der Waals surface area contributed by atoms with Gasteiger partial charge in [-0.2, -0.15) is 8.42 Å². The standard InChI is InChI=1S/C55H106O12S/c1-3-5-7-9-11-13-15-17-19-21-23-24-25-26-27-28-30-32-34-36-38-40-42-44-51(57)65-49(48-64-55-53(59)54(67-68(60,61)62)52(58)50(46-56)66-55)47-63-45-43-41-39-37-35-33-31-29-22-20-18-16-14-12-10-8-6-4-2/h21,23,49-50,52-56,58-59H,3-20,22,24-48H2,1-2H3,(H,60,61,62)/b23-21-. The van der Waals surface area contributed by atoms with Gasteiger partial charge in [0.1, 0.15) is 30.5 Å². The molecular formula is C55H106O12S. The monoisotopic (exact) mass is 991 g/mol. The van der Waals surface area contributed by atoms with Crippen LogP contribution in [0.3, 0.4) is 0 Å². The summed E-state index contributed by atoms with van der Waals surface area (Å²) in [5.74, 6) is -0.393. The number of carbonyl (C=O) groups excluding carboxylic acids is 1. The van der Waals surface area contributed by atoms with Crippen molar-refractivity contribution in [2.45, 2.75) is 307 Å². The van der Waals surface area contributed by atoms with E-state index in [1.54, 1.807) is 0 Å². The van der Waals surface area contributed by atoms with Gasteiger partial charge in [-0.3, -0.25) is 9.35 Å². The quantitative estimate of drug-likeness (QED) is 0.0196. The SMILES string of the molecule is CCCCCCCCCC/C=C\CCCCCCCCCCCCCC(=O)OC(COCCCCCCCCCCCCCCCCCCCC)COC1OC(CO)C(O)C(OS(=O)(=O)O)C1O. The number of hydrogen-bond donors (Lipinski definition) is 4. The van der Waals surface area contributed by atoms with Gasteiger partial charge in [0, 0.05) is 13.0 Å². The highest BCUT2D eigenvalue weighted by atomic mass is 32.3. The van der Waals surface area contributed by atoms with Crippen molar-refractivity contribution in [2.24, 2.45) is 0 Å². The number of ether oxygens (including phenoxy) is 4. The van der Waals surface area contributed by atoms with Crippen molar-refractivity contribution in [3.05, 3.63) is 12.2 Å². The van der Waals surface area contributed by atoms with Crippen LogP contribution in [0, 0.1) is 0 Å². The normalized spacial score (nSPS) is 19.3. The Morgan fingerprint density at radius 1 is 0.544 bits per heavy atom. The van der Waals surface area contributed by atoms with Gasteiger partial charge in [0.2, 0.25) is 0 Å². The van der Waals surface area contributed by atoms with E-state index in [0.29, 0.717) is 13.0 Å². The fourth-order valence-corrected chi connectivity index (χ4v) is 9.59. The molecule has 0 amide bonds. The van der Waals surface area contributed by atoms with Crippen LogP contribution in [0.2, 0.25) is 0 Å². The zero-order chi connectivity index (χ0) is 49.6. The third-order valence-electron chi connectivity index (χ3n) is 13.4. The first-order valence-electron chi connectivity index (χ1n) is 28.4. The minimum atomic E-state index is -5.06. The van der Waals surface area contributed by atoms with E-state index in [4.69, 9.17) is 18.9 Å². The summed E-state index contributed by atoms with van der Waals surface area (Å²) in [6, 6.07) is 0. The Labute approximate surface area is 417 Å². The second-order valence-corrected chi connectivity index (χ2v) is 20.9. The average Bonchev–Trinajstić information content (AvgIpc) is 3.31. The minimum Gasteiger partial charge on any atom is -0.457 e. The van der Waals surface area contributed by atoms with Crippen molar-refractivity contribution in [2.75, 3.05) is 26.4 Å². The molecule has 12 nitrogen and oxygen atoms in total. The summed E-state index contributed by atoms with van der Waals surface area (Å²) < 4.78 is 59.4. The first-order chi connectivity index (χ1) is 33.1. The third kappa shape index (κ3) is 39.5. The number of hydrogen-bond acceptors (Lipinski definition) is 11. The number of aliphatic hydroxyl groups excluding tert-OH is 3. The Kier molecular flexibility index (Phi) is 44.7. The van der Waals surface area contributed by atoms with Crippen molar-refractivity contribution in [3.8, 4) is 0 Å². The molecule has 1 rings (SSSR count). The molecule has 1 aliphatic heterocycles. The van der Waals surface area contributed by atoms with E-state index in [1.807, 2.05) is 0 Å². The Hall–Kier alpha value is -1.16. The van der Waals surface area contributed by atoms with Crippen molar-refractivity contribution in [1.29, 1.82) is 0 Å². The highest BCUT2D eigenvalue weighted by Crippen LogP contribution is 2.26. The van der Waals surface area contributed by atoms with Crippen LogP contribution >= 0.6 is 0 Å². The number of unbranched alkanes of at least 4 members (excludes halogenated alkanes) is 36. The van der Waals surface area contributed by atoms with Gasteiger partial charge in [0.05, 0.1) is 19.8 Å². The Bertz CT molecular complexity index is 1240. The van der Waals surface area contributed by atoms with Crippen LogP contribution in [0.15, 0.2) is 12.2 Å². The molecule has 0 aromatic carbocycles. The van der Waals surface area contributed by atoms with Crippen LogP contribution < -0.4 is 0 Å². The van der Waals surface area contributed by atoms with E-state index in [1.165, 1.54) is 205 Å². The topological polar surface area (TPSA) is 178 Å². The first-order valence-corrected chi connectivity index (χ1v) is 29.8. The number of rotatable bonds is 51. The number of allylic oxidation sites excluding steroid dienone is 2.